The molecule has 4 rings (SSSR count). The number of nitrogens with one attached hydrogen (secondary N) is 2. The van der Waals surface area contributed by atoms with Crippen LogP contribution in [0.25, 0.3) is 16.6 Å². The molecular formula is C18H17N5O2. The van der Waals surface area contributed by atoms with E-state index < -0.39 is 0 Å². The second-order valence-electron chi connectivity index (χ2n) is 5.86. The molecule has 3 aromatic rings. The summed E-state index contributed by atoms with van der Waals surface area (Å²) >= 11 is 0. The van der Waals surface area contributed by atoms with Gasteiger partial charge in [0, 0.05) is 24.2 Å². The molecule has 0 radical (unpaired) electrons. The van der Waals surface area contributed by atoms with Crippen LogP contribution in [0.5, 0.6) is 0 Å². The SMILES string of the molecule is O=C1CN(C(=O)Nc2ccc(-n3ncc4ccccc43)cc2)CCN1. The van der Waals surface area contributed by atoms with Gasteiger partial charge in [-0.2, -0.15) is 5.10 Å². The molecule has 2 N–H and O–H groups in total. The lowest BCUT2D eigenvalue weighted by atomic mass is 10.2. The van der Waals surface area contributed by atoms with Crippen LogP contribution in [0.3, 0.4) is 0 Å². The van der Waals surface area contributed by atoms with Gasteiger partial charge in [0.2, 0.25) is 5.91 Å². The summed E-state index contributed by atoms with van der Waals surface area (Å²) < 4.78 is 1.86. The summed E-state index contributed by atoms with van der Waals surface area (Å²) in [5.74, 6) is -0.137. The molecule has 1 aliphatic rings. The van der Waals surface area contributed by atoms with Crippen molar-refractivity contribution in [3.63, 3.8) is 0 Å². The molecule has 0 aliphatic carbocycles. The van der Waals surface area contributed by atoms with Crippen molar-refractivity contribution in [3.05, 3.63) is 54.7 Å². The fourth-order valence-corrected chi connectivity index (χ4v) is 2.88. The fourth-order valence-electron chi connectivity index (χ4n) is 2.88. The number of urea groups is 1. The molecule has 1 aromatic heterocycles. The number of para-hydroxylation sites is 1. The molecule has 3 amide bonds. The minimum Gasteiger partial charge on any atom is -0.353 e. The number of fused-ring (bicyclic) bond motifs is 1. The van der Waals surface area contributed by atoms with Gasteiger partial charge in [0.15, 0.2) is 0 Å². The molecule has 0 atom stereocenters. The van der Waals surface area contributed by atoms with E-state index in [1.807, 2.05) is 59.4 Å². The van der Waals surface area contributed by atoms with Crippen LogP contribution in [-0.2, 0) is 4.79 Å². The predicted octanol–water partition coefficient (Wildman–Crippen LogP) is 1.99. The van der Waals surface area contributed by atoms with Crippen LogP contribution in [-0.4, -0.2) is 46.3 Å². The first kappa shape index (κ1) is 15.2. The standard InChI is InChI=1S/C18H17N5O2/c24-17-12-22(10-9-19-17)18(25)21-14-5-7-15(8-6-14)23-16-4-2-1-3-13(16)11-20-23/h1-8,11H,9-10,12H2,(H,19,24)(H,21,25). The van der Waals surface area contributed by atoms with E-state index in [0.29, 0.717) is 18.8 Å². The number of rotatable bonds is 2. The number of benzene rings is 2. The summed E-state index contributed by atoms with van der Waals surface area (Å²) in [6.07, 6.45) is 1.83. The zero-order chi connectivity index (χ0) is 17.2. The zero-order valence-corrected chi connectivity index (χ0v) is 13.5. The Kier molecular flexibility index (Phi) is 3.81. The maximum absolute atomic E-state index is 12.2. The first-order chi connectivity index (χ1) is 12.2. The highest BCUT2D eigenvalue weighted by Gasteiger charge is 2.20. The van der Waals surface area contributed by atoms with Crippen LogP contribution < -0.4 is 10.6 Å². The van der Waals surface area contributed by atoms with Crippen LogP contribution in [0.4, 0.5) is 10.5 Å². The Morgan fingerprint density at radius 1 is 1.12 bits per heavy atom. The van der Waals surface area contributed by atoms with E-state index in [1.165, 1.54) is 4.90 Å². The van der Waals surface area contributed by atoms with Crippen molar-refractivity contribution in [1.29, 1.82) is 0 Å². The summed E-state index contributed by atoms with van der Waals surface area (Å²) in [6.45, 7) is 1.08. The predicted molar refractivity (Wildman–Crippen MR) is 94.7 cm³/mol. The molecule has 2 aromatic carbocycles. The van der Waals surface area contributed by atoms with Crippen LogP contribution in [0.15, 0.2) is 54.7 Å². The fraction of sp³-hybridized carbons (Fsp3) is 0.167. The van der Waals surface area contributed by atoms with Crippen LogP contribution in [0.2, 0.25) is 0 Å². The van der Waals surface area contributed by atoms with E-state index in [2.05, 4.69) is 15.7 Å². The third-order valence-corrected chi connectivity index (χ3v) is 4.17. The minimum absolute atomic E-state index is 0.0865. The van der Waals surface area contributed by atoms with E-state index in [-0.39, 0.29) is 18.5 Å². The Morgan fingerprint density at radius 2 is 1.92 bits per heavy atom. The number of hydrogen-bond donors (Lipinski definition) is 2. The van der Waals surface area contributed by atoms with Gasteiger partial charge in [0.05, 0.1) is 17.4 Å². The third-order valence-electron chi connectivity index (χ3n) is 4.17. The van der Waals surface area contributed by atoms with Crippen molar-refractivity contribution in [2.75, 3.05) is 25.0 Å². The van der Waals surface area contributed by atoms with E-state index in [9.17, 15) is 9.59 Å². The molecule has 25 heavy (non-hydrogen) atoms. The Bertz CT molecular complexity index is 932. The van der Waals surface area contributed by atoms with Gasteiger partial charge < -0.3 is 15.5 Å². The second-order valence-corrected chi connectivity index (χ2v) is 5.86. The molecular weight excluding hydrogens is 318 g/mol. The van der Waals surface area contributed by atoms with E-state index >= 15 is 0 Å². The summed E-state index contributed by atoms with van der Waals surface area (Å²) in [5, 5.41) is 11.0. The number of carbonyl (C=O) groups is 2. The van der Waals surface area contributed by atoms with E-state index in [1.54, 1.807) is 0 Å². The number of amides is 3. The highest BCUT2D eigenvalue weighted by atomic mass is 16.2. The summed E-state index contributed by atoms with van der Waals surface area (Å²) in [5.41, 5.74) is 2.62. The molecule has 1 saturated heterocycles. The molecule has 0 saturated carbocycles. The minimum atomic E-state index is -0.271. The van der Waals surface area contributed by atoms with E-state index in [0.717, 1.165) is 16.6 Å². The molecule has 0 spiro atoms. The number of aromatic nitrogens is 2. The zero-order valence-electron chi connectivity index (χ0n) is 13.5. The van der Waals surface area contributed by atoms with Gasteiger partial charge >= 0.3 is 6.03 Å². The lowest BCUT2D eigenvalue weighted by molar-refractivity contribution is -0.123. The Labute approximate surface area is 144 Å². The maximum Gasteiger partial charge on any atom is 0.322 e. The number of hydrogen-bond acceptors (Lipinski definition) is 3. The van der Waals surface area contributed by atoms with Crippen LogP contribution >= 0.6 is 0 Å². The molecule has 1 fully saturated rings. The maximum atomic E-state index is 12.2. The van der Waals surface area contributed by atoms with Gasteiger partial charge in [-0.05, 0) is 30.3 Å². The van der Waals surface area contributed by atoms with E-state index in [4.69, 9.17) is 0 Å². The molecule has 7 nitrogen and oxygen atoms in total. The lowest BCUT2D eigenvalue weighted by Crippen LogP contribution is -2.51. The van der Waals surface area contributed by atoms with Crippen molar-refractivity contribution in [2.45, 2.75) is 0 Å². The molecule has 126 valence electrons. The average Bonchev–Trinajstić information content (AvgIpc) is 3.06. The van der Waals surface area contributed by atoms with Gasteiger partial charge in [-0.15, -0.1) is 0 Å². The molecule has 1 aliphatic heterocycles. The summed E-state index contributed by atoms with van der Waals surface area (Å²) in [6, 6.07) is 15.2. The van der Waals surface area contributed by atoms with Crippen LogP contribution in [0.1, 0.15) is 0 Å². The Hall–Kier alpha value is -3.35. The van der Waals surface area contributed by atoms with Crippen molar-refractivity contribution < 1.29 is 9.59 Å². The Balaban J connectivity index is 1.50. The van der Waals surface area contributed by atoms with Crippen molar-refractivity contribution >= 4 is 28.5 Å². The summed E-state index contributed by atoms with van der Waals surface area (Å²) in [7, 11) is 0. The third kappa shape index (κ3) is 3.03. The van der Waals surface area contributed by atoms with Gasteiger partial charge in [-0.3, -0.25) is 4.79 Å². The number of piperazine rings is 1. The molecule has 7 heteroatoms. The van der Waals surface area contributed by atoms with Gasteiger partial charge in [0.25, 0.3) is 0 Å². The largest absolute Gasteiger partial charge is 0.353 e. The van der Waals surface area contributed by atoms with Crippen molar-refractivity contribution in [3.8, 4) is 5.69 Å². The summed E-state index contributed by atoms with van der Waals surface area (Å²) in [4.78, 5) is 25.1. The average molecular weight is 335 g/mol. The lowest BCUT2D eigenvalue weighted by Gasteiger charge is -2.26. The first-order valence-corrected chi connectivity index (χ1v) is 8.06. The molecule has 2 heterocycles. The first-order valence-electron chi connectivity index (χ1n) is 8.06. The highest BCUT2D eigenvalue weighted by molar-refractivity contribution is 5.93. The normalized spacial score (nSPS) is 14.4. The number of nitrogens with zero attached hydrogens (tertiary/aromatic N) is 3. The smallest absolute Gasteiger partial charge is 0.322 e. The number of carbonyl (C=O) groups excluding carboxylic acids is 2. The second kappa shape index (κ2) is 6.27. The molecule has 0 bridgehead atoms. The van der Waals surface area contributed by atoms with Gasteiger partial charge in [0.1, 0.15) is 6.54 Å². The number of anilines is 1. The van der Waals surface area contributed by atoms with Crippen molar-refractivity contribution in [2.24, 2.45) is 0 Å². The quantitative estimate of drug-likeness (QED) is 0.752. The van der Waals surface area contributed by atoms with Crippen molar-refractivity contribution in [1.82, 2.24) is 20.0 Å². The highest BCUT2D eigenvalue weighted by Crippen LogP contribution is 2.19. The molecule has 0 unspecified atom stereocenters. The van der Waals surface area contributed by atoms with Crippen LogP contribution in [0, 0.1) is 0 Å². The Morgan fingerprint density at radius 3 is 2.72 bits per heavy atom. The monoisotopic (exact) mass is 335 g/mol. The topological polar surface area (TPSA) is 79.3 Å². The van der Waals surface area contributed by atoms with Gasteiger partial charge in [-0.1, -0.05) is 18.2 Å². The van der Waals surface area contributed by atoms with Gasteiger partial charge in [-0.25, -0.2) is 9.48 Å².